The van der Waals surface area contributed by atoms with Gasteiger partial charge in [-0.1, -0.05) is 0 Å². The summed E-state index contributed by atoms with van der Waals surface area (Å²) in [7, 11) is -2.27. The molecule has 1 saturated heterocycles. The first-order valence-electron chi connectivity index (χ1n) is 8.47. The zero-order chi connectivity index (χ0) is 19.4. The van der Waals surface area contributed by atoms with Crippen LogP contribution in [0.15, 0.2) is 47.5 Å². The summed E-state index contributed by atoms with van der Waals surface area (Å²) in [5, 5.41) is 2.75. The molecule has 0 bridgehead atoms. The molecule has 0 aliphatic carbocycles. The Hall–Kier alpha value is -2.52. The van der Waals surface area contributed by atoms with Crippen molar-refractivity contribution in [2.24, 2.45) is 5.92 Å². The highest BCUT2D eigenvalue weighted by atomic mass is 32.2. The molecule has 1 aromatic carbocycles. The first-order chi connectivity index (χ1) is 12.9. The Labute approximate surface area is 157 Å². The van der Waals surface area contributed by atoms with Crippen LogP contribution in [-0.4, -0.2) is 43.8 Å². The number of methoxy groups -OCH3 is 1. The second-order valence-electron chi connectivity index (χ2n) is 6.23. The van der Waals surface area contributed by atoms with Gasteiger partial charge in [0.25, 0.3) is 0 Å². The summed E-state index contributed by atoms with van der Waals surface area (Å²) in [6.45, 7) is 0.405. The number of benzene rings is 1. The van der Waals surface area contributed by atoms with Gasteiger partial charge in [0.2, 0.25) is 21.8 Å². The van der Waals surface area contributed by atoms with E-state index in [-0.39, 0.29) is 17.3 Å². The number of nitrogens with one attached hydrogen (secondary N) is 1. The minimum absolute atomic E-state index is 0.0179. The number of rotatable bonds is 5. The van der Waals surface area contributed by atoms with E-state index in [9.17, 15) is 17.6 Å². The number of carbonyl (C=O) groups excluding carboxylic acids is 1. The van der Waals surface area contributed by atoms with E-state index in [1.54, 1.807) is 12.1 Å². The maximum absolute atomic E-state index is 13.1. The molecule has 1 amide bonds. The van der Waals surface area contributed by atoms with Crippen molar-refractivity contribution in [1.82, 2.24) is 9.29 Å². The quantitative estimate of drug-likeness (QED) is 0.842. The Morgan fingerprint density at radius 2 is 2.00 bits per heavy atom. The monoisotopic (exact) mass is 393 g/mol. The van der Waals surface area contributed by atoms with Crippen molar-refractivity contribution in [3.8, 4) is 5.88 Å². The molecule has 0 radical (unpaired) electrons. The van der Waals surface area contributed by atoms with Gasteiger partial charge in [-0.05, 0) is 43.2 Å². The second kappa shape index (κ2) is 8.01. The Kier molecular flexibility index (Phi) is 5.71. The minimum atomic E-state index is -3.77. The van der Waals surface area contributed by atoms with E-state index < -0.39 is 21.8 Å². The molecule has 1 N–H and O–H groups in total. The summed E-state index contributed by atoms with van der Waals surface area (Å²) in [5.74, 6) is -0.808. The van der Waals surface area contributed by atoms with Gasteiger partial charge in [0.15, 0.2) is 0 Å². The van der Waals surface area contributed by atoms with E-state index >= 15 is 0 Å². The van der Waals surface area contributed by atoms with Crippen molar-refractivity contribution in [2.75, 3.05) is 25.5 Å². The van der Waals surface area contributed by atoms with E-state index in [0.29, 0.717) is 31.0 Å². The molecular weight excluding hydrogens is 373 g/mol. The van der Waals surface area contributed by atoms with E-state index in [4.69, 9.17) is 4.74 Å². The number of aromatic nitrogens is 1. The molecule has 2 heterocycles. The summed E-state index contributed by atoms with van der Waals surface area (Å²) in [6, 6.07) is 7.98. The summed E-state index contributed by atoms with van der Waals surface area (Å²) in [5.41, 5.74) is 0.513. The van der Waals surface area contributed by atoms with Gasteiger partial charge in [0.1, 0.15) is 5.82 Å². The van der Waals surface area contributed by atoms with Crippen LogP contribution in [0, 0.1) is 11.7 Å². The van der Waals surface area contributed by atoms with Crippen LogP contribution in [0.25, 0.3) is 0 Å². The predicted octanol–water partition coefficient (Wildman–Crippen LogP) is 2.27. The van der Waals surface area contributed by atoms with Gasteiger partial charge in [-0.25, -0.2) is 17.8 Å². The topological polar surface area (TPSA) is 88.6 Å². The van der Waals surface area contributed by atoms with Gasteiger partial charge in [0.05, 0.1) is 29.8 Å². The Morgan fingerprint density at radius 1 is 1.26 bits per heavy atom. The molecule has 2 aromatic rings. The molecule has 3 rings (SSSR count). The van der Waals surface area contributed by atoms with Gasteiger partial charge in [0, 0.05) is 19.2 Å². The third-order valence-corrected chi connectivity index (χ3v) is 6.30. The van der Waals surface area contributed by atoms with Crippen LogP contribution in [0.3, 0.4) is 0 Å². The lowest BCUT2D eigenvalue weighted by molar-refractivity contribution is -0.120. The predicted molar refractivity (Wildman–Crippen MR) is 97.3 cm³/mol. The van der Waals surface area contributed by atoms with Crippen molar-refractivity contribution >= 4 is 21.6 Å². The van der Waals surface area contributed by atoms with Crippen molar-refractivity contribution in [3.05, 3.63) is 48.4 Å². The average molecular weight is 393 g/mol. The van der Waals surface area contributed by atoms with E-state index in [0.717, 1.165) is 12.1 Å². The number of hydrogen-bond acceptors (Lipinski definition) is 5. The number of halogens is 1. The first-order valence-corrected chi connectivity index (χ1v) is 9.91. The van der Waals surface area contributed by atoms with E-state index in [2.05, 4.69) is 10.3 Å². The van der Waals surface area contributed by atoms with Crippen molar-refractivity contribution in [3.63, 3.8) is 0 Å². The first kappa shape index (κ1) is 19.2. The molecule has 1 aliphatic rings. The van der Waals surface area contributed by atoms with Gasteiger partial charge in [-0.3, -0.25) is 4.79 Å². The van der Waals surface area contributed by atoms with Crippen LogP contribution in [0.1, 0.15) is 12.8 Å². The summed E-state index contributed by atoms with van der Waals surface area (Å²) >= 11 is 0. The number of hydrogen-bond donors (Lipinski definition) is 1. The molecule has 0 saturated carbocycles. The molecule has 144 valence electrons. The Balaban J connectivity index is 1.69. The Morgan fingerprint density at radius 3 is 2.63 bits per heavy atom. The molecule has 0 spiro atoms. The normalized spacial score (nSPS) is 18.1. The second-order valence-corrected chi connectivity index (χ2v) is 8.17. The largest absolute Gasteiger partial charge is 0.481 e. The molecule has 27 heavy (non-hydrogen) atoms. The summed E-state index contributed by atoms with van der Waals surface area (Å²) in [4.78, 5) is 16.6. The molecule has 1 fully saturated rings. The van der Waals surface area contributed by atoms with Crippen LogP contribution < -0.4 is 10.1 Å². The number of piperidine rings is 1. The lowest BCUT2D eigenvalue weighted by Crippen LogP contribution is -2.43. The highest BCUT2D eigenvalue weighted by Gasteiger charge is 2.33. The smallest absolute Gasteiger partial charge is 0.243 e. The lowest BCUT2D eigenvalue weighted by atomic mass is 9.99. The van der Waals surface area contributed by atoms with E-state index in [1.807, 2.05) is 0 Å². The van der Waals surface area contributed by atoms with Crippen molar-refractivity contribution in [2.45, 2.75) is 17.7 Å². The van der Waals surface area contributed by atoms with Gasteiger partial charge in [-0.15, -0.1) is 0 Å². The number of amides is 1. The average Bonchev–Trinajstić information content (AvgIpc) is 2.69. The molecule has 7 nitrogen and oxygen atoms in total. The SMILES string of the molecule is COc1ccc(NC(=O)[C@H]2CCCN(S(=O)(=O)c3ccc(F)cc3)C2)cn1. The fraction of sp³-hybridized carbons (Fsp3) is 0.333. The maximum Gasteiger partial charge on any atom is 0.243 e. The van der Waals surface area contributed by atoms with Crippen LogP contribution in [0.5, 0.6) is 5.88 Å². The molecule has 1 aromatic heterocycles. The third-order valence-electron chi connectivity index (χ3n) is 4.42. The zero-order valence-corrected chi connectivity index (χ0v) is 15.6. The van der Waals surface area contributed by atoms with Crippen LogP contribution >= 0.6 is 0 Å². The number of anilines is 1. The number of ether oxygens (including phenoxy) is 1. The molecule has 1 atom stereocenters. The standard InChI is InChI=1S/C18H20FN3O4S/c1-26-17-9-6-15(11-20-17)21-18(23)13-3-2-10-22(12-13)27(24,25)16-7-4-14(19)5-8-16/h4-9,11,13H,2-3,10,12H2,1H3,(H,21,23)/t13-/m0/s1. The molecular formula is C18H20FN3O4S. The number of carbonyl (C=O) groups is 1. The Bertz CT molecular complexity index is 901. The summed E-state index contributed by atoms with van der Waals surface area (Å²) in [6.07, 6.45) is 2.64. The molecule has 0 unspecified atom stereocenters. The number of nitrogens with zero attached hydrogens (tertiary/aromatic N) is 2. The van der Waals surface area contributed by atoms with E-state index in [1.165, 1.54) is 29.7 Å². The zero-order valence-electron chi connectivity index (χ0n) is 14.8. The van der Waals surface area contributed by atoms with Gasteiger partial charge in [-0.2, -0.15) is 4.31 Å². The minimum Gasteiger partial charge on any atom is -0.481 e. The lowest BCUT2D eigenvalue weighted by Gasteiger charge is -2.31. The van der Waals surface area contributed by atoms with Gasteiger partial charge < -0.3 is 10.1 Å². The van der Waals surface area contributed by atoms with Gasteiger partial charge >= 0.3 is 0 Å². The van der Waals surface area contributed by atoms with Crippen LogP contribution in [0.2, 0.25) is 0 Å². The van der Waals surface area contributed by atoms with Crippen molar-refractivity contribution in [1.29, 1.82) is 0 Å². The maximum atomic E-state index is 13.1. The highest BCUT2D eigenvalue weighted by Crippen LogP contribution is 2.25. The molecule has 1 aliphatic heterocycles. The summed E-state index contributed by atoms with van der Waals surface area (Å²) < 4.78 is 44.8. The van der Waals surface area contributed by atoms with Crippen LogP contribution in [-0.2, 0) is 14.8 Å². The fourth-order valence-corrected chi connectivity index (χ4v) is 4.47. The number of pyridine rings is 1. The van der Waals surface area contributed by atoms with Crippen molar-refractivity contribution < 1.29 is 22.3 Å². The highest BCUT2D eigenvalue weighted by molar-refractivity contribution is 7.89. The van der Waals surface area contributed by atoms with Crippen LogP contribution in [0.4, 0.5) is 10.1 Å². The fourth-order valence-electron chi connectivity index (χ4n) is 2.95. The third kappa shape index (κ3) is 4.42. The number of sulfonamides is 1. The molecule has 9 heteroatoms.